The molecule has 1 aliphatic rings. The first-order chi connectivity index (χ1) is 7.72. The third-order valence-electron chi connectivity index (χ3n) is 3.06. The van der Waals surface area contributed by atoms with Crippen LogP contribution in [0.4, 0.5) is 0 Å². The van der Waals surface area contributed by atoms with Crippen molar-refractivity contribution in [1.29, 1.82) is 0 Å². The van der Waals surface area contributed by atoms with Gasteiger partial charge in [0.15, 0.2) is 0 Å². The Hall–Kier alpha value is -0.770. The molecule has 0 unspecified atom stereocenters. The lowest BCUT2D eigenvalue weighted by atomic mass is 10.1. The molecular formula is C12H16BrNO2. The second-order valence-electron chi connectivity index (χ2n) is 4.15. The maximum Gasteiger partial charge on any atom is 0.354 e. The molecule has 0 radical (unpaired) electrons. The molecule has 2 rings (SSSR count). The summed E-state index contributed by atoms with van der Waals surface area (Å²) in [5.41, 5.74) is 1.70. The Morgan fingerprint density at radius 3 is 2.88 bits per heavy atom. The van der Waals surface area contributed by atoms with Crippen molar-refractivity contribution in [3.05, 3.63) is 21.9 Å². The second kappa shape index (κ2) is 5.04. The summed E-state index contributed by atoms with van der Waals surface area (Å²) in [5, 5.41) is 0. The van der Waals surface area contributed by atoms with Gasteiger partial charge in [-0.25, -0.2) is 4.79 Å². The normalized spacial score (nSPS) is 16.6. The molecule has 0 bridgehead atoms. The van der Waals surface area contributed by atoms with Crippen LogP contribution in [0.25, 0.3) is 0 Å². The fourth-order valence-electron chi connectivity index (χ4n) is 2.28. The van der Waals surface area contributed by atoms with Crippen molar-refractivity contribution < 1.29 is 9.53 Å². The maximum atomic E-state index is 11.6. The van der Waals surface area contributed by atoms with E-state index in [0.29, 0.717) is 18.2 Å². The third-order valence-corrected chi connectivity index (χ3v) is 3.71. The summed E-state index contributed by atoms with van der Waals surface area (Å²) in [6.45, 7) is 2.22. The minimum absolute atomic E-state index is 0.271. The molecule has 0 atom stereocenters. The first kappa shape index (κ1) is 11.7. The summed E-state index contributed by atoms with van der Waals surface area (Å²) >= 11 is 3.51. The van der Waals surface area contributed by atoms with E-state index < -0.39 is 0 Å². The molecule has 1 aliphatic carbocycles. The molecule has 1 heterocycles. The minimum Gasteiger partial charge on any atom is -0.461 e. The number of esters is 1. The van der Waals surface area contributed by atoms with Crippen LogP contribution in [0.2, 0.25) is 0 Å². The number of carbonyl (C=O) groups excluding carboxylic acids is 1. The van der Waals surface area contributed by atoms with Gasteiger partial charge in [0.2, 0.25) is 0 Å². The van der Waals surface area contributed by atoms with Gasteiger partial charge in [-0.1, -0.05) is 12.8 Å². The van der Waals surface area contributed by atoms with E-state index >= 15 is 0 Å². The lowest BCUT2D eigenvalue weighted by Gasteiger charge is -2.07. The van der Waals surface area contributed by atoms with Crippen LogP contribution in [0.15, 0.2) is 10.5 Å². The molecule has 1 aromatic rings. The van der Waals surface area contributed by atoms with E-state index in [2.05, 4.69) is 20.9 Å². The molecule has 1 aromatic heterocycles. The highest BCUT2D eigenvalue weighted by atomic mass is 79.9. The molecule has 4 heteroatoms. The van der Waals surface area contributed by atoms with Gasteiger partial charge in [-0.05, 0) is 41.8 Å². The fraction of sp³-hybridized carbons (Fsp3) is 0.583. The van der Waals surface area contributed by atoms with Gasteiger partial charge >= 0.3 is 5.97 Å². The Labute approximate surface area is 104 Å². The van der Waals surface area contributed by atoms with Gasteiger partial charge in [0.1, 0.15) is 5.69 Å². The Balaban J connectivity index is 2.17. The number of halogens is 1. The van der Waals surface area contributed by atoms with Crippen molar-refractivity contribution in [1.82, 2.24) is 4.98 Å². The first-order valence-corrected chi connectivity index (χ1v) is 6.57. The zero-order chi connectivity index (χ0) is 11.5. The van der Waals surface area contributed by atoms with Crippen molar-refractivity contribution in [2.24, 2.45) is 0 Å². The number of ether oxygens (including phenoxy) is 1. The van der Waals surface area contributed by atoms with Gasteiger partial charge < -0.3 is 9.72 Å². The summed E-state index contributed by atoms with van der Waals surface area (Å²) < 4.78 is 5.97. The zero-order valence-electron chi connectivity index (χ0n) is 9.38. The summed E-state index contributed by atoms with van der Waals surface area (Å²) in [7, 11) is 0. The summed E-state index contributed by atoms with van der Waals surface area (Å²) in [5.74, 6) is 0.296. The van der Waals surface area contributed by atoms with Gasteiger partial charge in [0.05, 0.1) is 6.61 Å². The van der Waals surface area contributed by atoms with E-state index in [1.165, 1.54) is 25.7 Å². The Bertz CT molecular complexity index is 380. The number of aromatic nitrogens is 1. The molecule has 0 aliphatic heterocycles. The lowest BCUT2D eigenvalue weighted by Crippen LogP contribution is -2.05. The highest BCUT2D eigenvalue weighted by Crippen LogP contribution is 2.37. The monoisotopic (exact) mass is 285 g/mol. The number of carbonyl (C=O) groups is 1. The number of nitrogens with one attached hydrogen (secondary N) is 1. The molecular weight excluding hydrogens is 270 g/mol. The minimum atomic E-state index is -0.271. The zero-order valence-corrected chi connectivity index (χ0v) is 11.0. The predicted octanol–water partition coefficient (Wildman–Crippen LogP) is 3.61. The lowest BCUT2D eigenvalue weighted by molar-refractivity contribution is 0.0520. The molecule has 0 spiro atoms. The number of aromatic amines is 1. The molecule has 1 saturated carbocycles. The average molecular weight is 286 g/mol. The van der Waals surface area contributed by atoms with Gasteiger partial charge in [-0.3, -0.25) is 0 Å². The van der Waals surface area contributed by atoms with Crippen LogP contribution in [0.3, 0.4) is 0 Å². The largest absolute Gasteiger partial charge is 0.461 e. The molecule has 1 fully saturated rings. The van der Waals surface area contributed by atoms with Gasteiger partial charge in [-0.2, -0.15) is 0 Å². The smallest absolute Gasteiger partial charge is 0.354 e. The van der Waals surface area contributed by atoms with Crippen LogP contribution in [0.5, 0.6) is 0 Å². The van der Waals surface area contributed by atoms with Gasteiger partial charge in [0.25, 0.3) is 0 Å². The third kappa shape index (κ3) is 2.32. The van der Waals surface area contributed by atoms with Crippen LogP contribution in [0.1, 0.15) is 54.7 Å². The number of hydrogen-bond acceptors (Lipinski definition) is 2. The van der Waals surface area contributed by atoms with E-state index in [1.54, 1.807) is 0 Å². The van der Waals surface area contributed by atoms with Crippen molar-refractivity contribution in [3.8, 4) is 0 Å². The van der Waals surface area contributed by atoms with Crippen LogP contribution in [0, 0.1) is 0 Å². The molecule has 88 valence electrons. The predicted molar refractivity (Wildman–Crippen MR) is 65.7 cm³/mol. The van der Waals surface area contributed by atoms with E-state index in [-0.39, 0.29) is 5.97 Å². The first-order valence-electron chi connectivity index (χ1n) is 5.78. The molecule has 16 heavy (non-hydrogen) atoms. The summed E-state index contributed by atoms with van der Waals surface area (Å²) in [6, 6.07) is 1.83. The quantitative estimate of drug-likeness (QED) is 0.862. The number of hydrogen-bond donors (Lipinski definition) is 1. The van der Waals surface area contributed by atoms with E-state index in [9.17, 15) is 4.79 Å². The Kier molecular flexibility index (Phi) is 3.69. The van der Waals surface area contributed by atoms with Gasteiger partial charge in [0, 0.05) is 16.1 Å². The van der Waals surface area contributed by atoms with Crippen molar-refractivity contribution >= 4 is 21.9 Å². The van der Waals surface area contributed by atoms with Gasteiger partial charge in [-0.15, -0.1) is 0 Å². The SMILES string of the molecule is CCOC(=O)c1cc(Br)c(C2CCCC2)[nH]1. The van der Waals surface area contributed by atoms with Crippen LogP contribution >= 0.6 is 15.9 Å². The molecule has 1 N–H and O–H groups in total. The van der Waals surface area contributed by atoms with E-state index in [0.717, 1.165) is 10.2 Å². The number of H-pyrrole nitrogens is 1. The highest BCUT2D eigenvalue weighted by Gasteiger charge is 2.23. The molecule has 0 aromatic carbocycles. The summed E-state index contributed by atoms with van der Waals surface area (Å²) in [4.78, 5) is 14.7. The molecule has 0 saturated heterocycles. The van der Waals surface area contributed by atoms with E-state index in [1.807, 2.05) is 13.0 Å². The fourth-order valence-corrected chi connectivity index (χ4v) is 2.93. The maximum absolute atomic E-state index is 11.6. The van der Waals surface area contributed by atoms with Crippen LogP contribution in [-0.2, 0) is 4.74 Å². The average Bonchev–Trinajstić information content (AvgIpc) is 2.86. The standard InChI is InChI=1S/C12H16BrNO2/c1-2-16-12(15)10-7-9(13)11(14-10)8-5-3-4-6-8/h7-8,14H,2-6H2,1H3. The van der Waals surface area contributed by atoms with E-state index in [4.69, 9.17) is 4.74 Å². The molecule has 3 nitrogen and oxygen atoms in total. The van der Waals surface area contributed by atoms with Crippen molar-refractivity contribution in [2.45, 2.75) is 38.5 Å². The Morgan fingerprint density at radius 2 is 2.25 bits per heavy atom. The Morgan fingerprint density at radius 1 is 1.56 bits per heavy atom. The number of rotatable bonds is 3. The van der Waals surface area contributed by atoms with Crippen molar-refractivity contribution in [2.75, 3.05) is 6.61 Å². The highest BCUT2D eigenvalue weighted by molar-refractivity contribution is 9.10. The summed E-state index contributed by atoms with van der Waals surface area (Å²) in [6.07, 6.45) is 4.98. The van der Waals surface area contributed by atoms with Crippen LogP contribution in [-0.4, -0.2) is 17.6 Å². The van der Waals surface area contributed by atoms with Crippen molar-refractivity contribution in [3.63, 3.8) is 0 Å². The van der Waals surface area contributed by atoms with Crippen LogP contribution < -0.4 is 0 Å². The topological polar surface area (TPSA) is 42.1 Å². The second-order valence-corrected chi connectivity index (χ2v) is 5.00. The molecule has 0 amide bonds.